The van der Waals surface area contributed by atoms with Crippen LogP contribution in [0.2, 0.25) is 0 Å². The number of hydrogen-bond acceptors (Lipinski definition) is 5. The topological polar surface area (TPSA) is 84.9 Å². The monoisotopic (exact) mass is 438 g/mol. The molecule has 0 aromatic heterocycles. The van der Waals surface area contributed by atoms with E-state index in [1.807, 2.05) is 24.3 Å². The molecule has 4 rings (SSSR count). The predicted octanol–water partition coefficient (Wildman–Crippen LogP) is 3.71. The van der Waals surface area contributed by atoms with Gasteiger partial charge in [0, 0.05) is 18.2 Å². The van der Waals surface area contributed by atoms with Gasteiger partial charge in [-0.2, -0.15) is 0 Å². The van der Waals surface area contributed by atoms with Gasteiger partial charge in [-0.15, -0.1) is 0 Å². The number of sulfonamides is 1. The van der Waals surface area contributed by atoms with Crippen LogP contribution in [-0.2, 0) is 16.4 Å². The van der Waals surface area contributed by atoms with Crippen molar-refractivity contribution in [2.75, 3.05) is 30.4 Å². The molecule has 3 aromatic rings. The molecule has 0 radical (unpaired) electrons. The first kappa shape index (κ1) is 20.7. The largest absolute Gasteiger partial charge is 0.497 e. The van der Waals surface area contributed by atoms with Crippen LogP contribution in [0.1, 0.15) is 15.9 Å². The quantitative estimate of drug-likeness (QED) is 0.634. The van der Waals surface area contributed by atoms with Gasteiger partial charge in [0.15, 0.2) is 0 Å². The summed E-state index contributed by atoms with van der Waals surface area (Å²) in [5.41, 5.74) is 2.53. The SMILES string of the molecule is COc1ccc(NC(=O)c2ccc(S(=O)(=O)N3CCc4ccccc43)cc2)c(OC)c1. The minimum absolute atomic E-state index is 0.141. The summed E-state index contributed by atoms with van der Waals surface area (Å²) in [7, 11) is -0.658. The molecule has 31 heavy (non-hydrogen) atoms. The van der Waals surface area contributed by atoms with E-state index >= 15 is 0 Å². The molecular formula is C23H22N2O5S. The Morgan fingerprint density at radius 3 is 2.42 bits per heavy atom. The van der Waals surface area contributed by atoms with Gasteiger partial charge >= 0.3 is 0 Å². The standard InChI is InChI=1S/C23H22N2O5S/c1-29-18-9-12-20(22(15-18)30-2)24-23(26)17-7-10-19(11-8-17)31(27,28)25-14-13-16-5-3-4-6-21(16)25/h3-12,15H,13-14H2,1-2H3,(H,24,26). The number of rotatable bonds is 6. The van der Waals surface area contributed by atoms with E-state index in [-0.39, 0.29) is 10.8 Å². The van der Waals surface area contributed by atoms with Crippen LogP contribution in [0.5, 0.6) is 11.5 Å². The fraction of sp³-hybridized carbons (Fsp3) is 0.174. The maximum Gasteiger partial charge on any atom is 0.264 e. The average Bonchev–Trinajstić information content (AvgIpc) is 3.24. The number of carbonyl (C=O) groups is 1. The molecule has 3 aromatic carbocycles. The van der Waals surface area contributed by atoms with Gasteiger partial charge in [-0.05, 0) is 54.4 Å². The second kappa shape index (κ2) is 8.31. The smallest absolute Gasteiger partial charge is 0.264 e. The van der Waals surface area contributed by atoms with Gasteiger partial charge in [-0.3, -0.25) is 9.10 Å². The first-order chi connectivity index (χ1) is 14.9. The second-order valence-corrected chi connectivity index (χ2v) is 8.86. The lowest BCUT2D eigenvalue weighted by Crippen LogP contribution is -2.29. The third-order valence-corrected chi connectivity index (χ3v) is 7.03. The number of carbonyl (C=O) groups excluding carboxylic acids is 1. The number of para-hydroxylation sites is 1. The lowest BCUT2D eigenvalue weighted by molar-refractivity contribution is 0.102. The van der Waals surface area contributed by atoms with E-state index in [2.05, 4.69) is 5.32 Å². The lowest BCUT2D eigenvalue weighted by Gasteiger charge is -2.19. The molecule has 0 atom stereocenters. The van der Waals surface area contributed by atoms with Gasteiger partial charge < -0.3 is 14.8 Å². The zero-order valence-corrected chi connectivity index (χ0v) is 18.0. The first-order valence-corrected chi connectivity index (χ1v) is 11.1. The molecule has 8 heteroatoms. The molecule has 0 saturated heterocycles. The Morgan fingerprint density at radius 1 is 0.968 bits per heavy atom. The van der Waals surface area contributed by atoms with Crippen LogP contribution in [-0.4, -0.2) is 35.1 Å². The summed E-state index contributed by atoms with van der Waals surface area (Å²) in [5.74, 6) is 0.687. The summed E-state index contributed by atoms with van der Waals surface area (Å²) in [6, 6.07) is 18.4. The molecular weight excluding hydrogens is 416 g/mol. The molecule has 1 amide bonds. The van der Waals surface area contributed by atoms with Crippen molar-refractivity contribution in [2.45, 2.75) is 11.3 Å². The number of benzene rings is 3. The fourth-order valence-corrected chi connectivity index (χ4v) is 5.06. The summed E-state index contributed by atoms with van der Waals surface area (Å²) in [5, 5.41) is 2.78. The number of fused-ring (bicyclic) bond motifs is 1. The Morgan fingerprint density at radius 2 is 1.71 bits per heavy atom. The molecule has 0 unspecified atom stereocenters. The van der Waals surface area contributed by atoms with Crippen LogP contribution in [0.3, 0.4) is 0 Å². The number of ether oxygens (including phenoxy) is 2. The molecule has 0 saturated carbocycles. The van der Waals surface area contributed by atoms with Crippen molar-refractivity contribution in [3.8, 4) is 11.5 Å². The van der Waals surface area contributed by atoms with Gasteiger partial charge in [0.2, 0.25) is 0 Å². The maximum absolute atomic E-state index is 13.1. The van der Waals surface area contributed by atoms with Crippen LogP contribution in [0.25, 0.3) is 0 Å². The Labute approximate surface area is 181 Å². The minimum atomic E-state index is -3.70. The van der Waals surface area contributed by atoms with E-state index in [4.69, 9.17) is 9.47 Å². The van der Waals surface area contributed by atoms with E-state index < -0.39 is 10.0 Å². The third kappa shape index (κ3) is 3.94. The third-order valence-electron chi connectivity index (χ3n) is 5.21. The number of anilines is 2. The fourth-order valence-electron chi connectivity index (χ4n) is 3.56. The van der Waals surface area contributed by atoms with Crippen LogP contribution < -0.4 is 19.1 Å². The minimum Gasteiger partial charge on any atom is -0.497 e. The molecule has 0 aliphatic carbocycles. The number of methoxy groups -OCH3 is 2. The van der Waals surface area contributed by atoms with Crippen LogP contribution >= 0.6 is 0 Å². The highest BCUT2D eigenvalue weighted by atomic mass is 32.2. The summed E-state index contributed by atoms with van der Waals surface area (Å²) >= 11 is 0. The Hall–Kier alpha value is -3.52. The highest BCUT2D eigenvalue weighted by Gasteiger charge is 2.30. The van der Waals surface area contributed by atoms with E-state index in [9.17, 15) is 13.2 Å². The van der Waals surface area contributed by atoms with Gasteiger partial charge in [-0.25, -0.2) is 8.42 Å². The number of nitrogens with zero attached hydrogens (tertiary/aromatic N) is 1. The van der Waals surface area contributed by atoms with E-state index in [0.717, 1.165) is 5.56 Å². The lowest BCUT2D eigenvalue weighted by atomic mass is 10.2. The van der Waals surface area contributed by atoms with Gasteiger partial charge in [-0.1, -0.05) is 18.2 Å². The Bertz CT molecular complexity index is 1220. The van der Waals surface area contributed by atoms with Crippen molar-refractivity contribution in [1.29, 1.82) is 0 Å². The van der Waals surface area contributed by atoms with Crippen LogP contribution in [0, 0.1) is 0 Å². The average molecular weight is 439 g/mol. The molecule has 7 nitrogen and oxygen atoms in total. The zero-order chi connectivity index (χ0) is 22.0. The first-order valence-electron chi connectivity index (χ1n) is 9.68. The molecule has 1 aliphatic heterocycles. The van der Waals surface area contributed by atoms with Crippen molar-refractivity contribution in [1.82, 2.24) is 0 Å². The molecule has 1 heterocycles. The van der Waals surface area contributed by atoms with Crippen LogP contribution in [0.4, 0.5) is 11.4 Å². The van der Waals surface area contributed by atoms with E-state index in [1.54, 1.807) is 25.3 Å². The summed E-state index contributed by atoms with van der Waals surface area (Å²) in [6.45, 7) is 0.404. The van der Waals surface area contributed by atoms with Crippen molar-refractivity contribution >= 4 is 27.3 Å². The maximum atomic E-state index is 13.1. The number of nitrogens with one attached hydrogen (secondary N) is 1. The molecule has 0 fully saturated rings. The number of hydrogen-bond donors (Lipinski definition) is 1. The normalized spacial score (nSPS) is 12.9. The molecule has 1 aliphatic rings. The van der Waals surface area contributed by atoms with Crippen molar-refractivity contribution < 1.29 is 22.7 Å². The number of amides is 1. The Kier molecular flexibility index (Phi) is 5.56. The predicted molar refractivity (Wildman–Crippen MR) is 119 cm³/mol. The summed E-state index contributed by atoms with van der Waals surface area (Å²) < 4.78 is 38.1. The summed E-state index contributed by atoms with van der Waals surface area (Å²) in [6.07, 6.45) is 0.680. The van der Waals surface area contributed by atoms with Crippen molar-refractivity contribution in [3.63, 3.8) is 0 Å². The highest BCUT2D eigenvalue weighted by Crippen LogP contribution is 2.33. The van der Waals surface area contributed by atoms with E-state index in [1.165, 1.54) is 35.7 Å². The van der Waals surface area contributed by atoms with Crippen molar-refractivity contribution in [2.24, 2.45) is 0 Å². The highest BCUT2D eigenvalue weighted by molar-refractivity contribution is 7.92. The van der Waals surface area contributed by atoms with Gasteiger partial charge in [0.1, 0.15) is 11.5 Å². The van der Waals surface area contributed by atoms with Crippen LogP contribution in [0.15, 0.2) is 71.6 Å². The molecule has 0 bridgehead atoms. The molecule has 0 spiro atoms. The molecule has 160 valence electrons. The second-order valence-electron chi connectivity index (χ2n) is 7.00. The summed E-state index contributed by atoms with van der Waals surface area (Å²) in [4.78, 5) is 12.8. The van der Waals surface area contributed by atoms with Gasteiger partial charge in [0.05, 0.1) is 30.5 Å². The van der Waals surface area contributed by atoms with Crippen molar-refractivity contribution in [3.05, 3.63) is 77.9 Å². The van der Waals surface area contributed by atoms with Gasteiger partial charge in [0.25, 0.3) is 15.9 Å². The zero-order valence-electron chi connectivity index (χ0n) is 17.2. The Balaban J connectivity index is 1.54. The molecule has 1 N–H and O–H groups in total. The van der Waals surface area contributed by atoms with E-state index in [0.29, 0.717) is 41.4 Å².